The van der Waals surface area contributed by atoms with Gasteiger partial charge >= 0.3 is 5.97 Å². The van der Waals surface area contributed by atoms with Gasteiger partial charge in [-0.05, 0) is 19.9 Å². The van der Waals surface area contributed by atoms with Gasteiger partial charge in [-0.1, -0.05) is 0 Å². The molecular formula is C11H14N2O4. The fraction of sp³-hybridized carbons (Fsp3) is 0.364. The lowest BCUT2D eigenvalue weighted by atomic mass is 10.1. The molecule has 1 aromatic rings. The van der Waals surface area contributed by atoms with Crippen LogP contribution in [0.3, 0.4) is 0 Å². The fourth-order valence-electron chi connectivity index (χ4n) is 1.10. The van der Waals surface area contributed by atoms with Crippen LogP contribution in [0.1, 0.15) is 24.2 Å². The van der Waals surface area contributed by atoms with Gasteiger partial charge in [0.1, 0.15) is 5.54 Å². The van der Waals surface area contributed by atoms with Gasteiger partial charge in [-0.2, -0.15) is 0 Å². The Labute approximate surface area is 97.9 Å². The molecule has 17 heavy (non-hydrogen) atoms. The summed E-state index contributed by atoms with van der Waals surface area (Å²) in [6, 6.07) is 2.61. The summed E-state index contributed by atoms with van der Waals surface area (Å²) < 4.78 is 1.32. The maximum atomic E-state index is 11.7. The van der Waals surface area contributed by atoms with Crippen molar-refractivity contribution in [2.24, 2.45) is 7.05 Å². The number of hydrogen-bond donors (Lipinski definition) is 2. The molecule has 1 aromatic heterocycles. The second kappa shape index (κ2) is 4.40. The number of amides is 1. The van der Waals surface area contributed by atoms with E-state index in [0.29, 0.717) is 0 Å². The molecule has 0 aromatic carbocycles. The number of carbonyl (C=O) groups excluding carboxylic acids is 1. The molecule has 0 aliphatic rings. The molecule has 1 heterocycles. The Morgan fingerprint density at radius 2 is 2.00 bits per heavy atom. The molecule has 0 fully saturated rings. The third kappa shape index (κ3) is 2.93. The van der Waals surface area contributed by atoms with Crippen LogP contribution in [-0.4, -0.2) is 27.1 Å². The summed E-state index contributed by atoms with van der Waals surface area (Å²) in [5.74, 6) is -1.73. The summed E-state index contributed by atoms with van der Waals surface area (Å²) in [5, 5.41) is 11.2. The van der Waals surface area contributed by atoms with Gasteiger partial charge in [0.15, 0.2) is 0 Å². The van der Waals surface area contributed by atoms with Gasteiger partial charge in [-0.3, -0.25) is 9.59 Å². The van der Waals surface area contributed by atoms with Crippen LogP contribution in [0.15, 0.2) is 23.1 Å². The van der Waals surface area contributed by atoms with Crippen molar-refractivity contribution in [2.75, 3.05) is 0 Å². The normalized spacial score (nSPS) is 11.0. The quantitative estimate of drug-likeness (QED) is 0.774. The molecular weight excluding hydrogens is 224 g/mol. The summed E-state index contributed by atoms with van der Waals surface area (Å²) in [4.78, 5) is 33.8. The van der Waals surface area contributed by atoms with E-state index >= 15 is 0 Å². The lowest BCUT2D eigenvalue weighted by Gasteiger charge is -2.20. The first-order valence-electron chi connectivity index (χ1n) is 4.96. The predicted molar refractivity (Wildman–Crippen MR) is 60.9 cm³/mol. The minimum Gasteiger partial charge on any atom is -0.480 e. The highest BCUT2D eigenvalue weighted by atomic mass is 16.4. The van der Waals surface area contributed by atoms with Gasteiger partial charge < -0.3 is 15.0 Å². The van der Waals surface area contributed by atoms with Crippen molar-refractivity contribution in [1.29, 1.82) is 0 Å². The van der Waals surface area contributed by atoms with Crippen LogP contribution in [0.25, 0.3) is 0 Å². The van der Waals surface area contributed by atoms with Crippen molar-refractivity contribution in [2.45, 2.75) is 19.4 Å². The number of aromatic nitrogens is 1. The Hall–Kier alpha value is -2.11. The van der Waals surface area contributed by atoms with E-state index in [1.165, 1.54) is 30.7 Å². The number of hydrogen-bond acceptors (Lipinski definition) is 3. The third-order valence-electron chi connectivity index (χ3n) is 2.33. The minimum absolute atomic E-state index is 0.141. The maximum Gasteiger partial charge on any atom is 0.328 e. The Morgan fingerprint density at radius 1 is 1.41 bits per heavy atom. The summed E-state index contributed by atoms with van der Waals surface area (Å²) in [6.45, 7) is 2.74. The summed E-state index contributed by atoms with van der Waals surface area (Å²) in [6.07, 6.45) is 1.45. The van der Waals surface area contributed by atoms with E-state index in [9.17, 15) is 14.4 Å². The average Bonchev–Trinajstić information content (AvgIpc) is 2.21. The number of carboxylic acid groups (broad SMARTS) is 1. The van der Waals surface area contributed by atoms with Gasteiger partial charge in [-0.25, -0.2) is 4.79 Å². The van der Waals surface area contributed by atoms with E-state index in [4.69, 9.17) is 5.11 Å². The summed E-state index contributed by atoms with van der Waals surface area (Å²) in [7, 11) is 1.56. The number of aryl methyl sites for hydroxylation is 1. The van der Waals surface area contributed by atoms with E-state index in [1.807, 2.05) is 0 Å². The van der Waals surface area contributed by atoms with Crippen LogP contribution in [0, 0.1) is 0 Å². The molecule has 0 unspecified atom stereocenters. The number of aliphatic carboxylic acids is 1. The van der Waals surface area contributed by atoms with Gasteiger partial charge in [0.2, 0.25) is 0 Å². The van der Waals surface area contributed by atoms with Crippen LogP contribution >= 0.6 is 0 Å². The second-order valence-corrected chi connectivity index (χ2v) is 4.25. The van der Waals surface area contributed by atoms with Crippen LogP contribution in [0.4, 0.5) is 0 Å². The van der Waals surface area contributed by atoms with Crippen molar-refractivity contribution in [3.8, 4) is 0 Å². The number of carbonyl (C=O) groups is 2. The number of nitrogens with zero attached hydrogens (tertiary/aromatic N) is 1. The molecule has 0 bridgehead atoms. The molecule has 0 aliphatic heterocycles. The number of carboxylic acids is 1. The molecule has 6 nitrogen and oxygen atoms in total. The Balaban J connectivity index is 2.95. The molecule has 0 spiro atoms. The first kappa shape index (κ1) is 13.0. The van der Waals surface area contributed by atoms with E-state index in [1.54, 1.807) is 7.05 Å². The standard InChI is InChI=1S/C11H14N2O4/c1-11(2,10(16)17)12-9(15)7-4-5-13(3)8(14)6-7/h4-6H,1-3H3,(H,12,15)(H,16,17). The molecule has 6 heteroatoms. The van der Waals surface area contributed by atoms with Crippen molar-refractivity contribution in [3.63, 3.8) is 0 Å². The van der Waals surface area contributed by atoms with Gasteiger partial charge in [0.05, 0.1) is 0 Å². The lowest BCUT2D eigenvalue weighted by Crippen LogP contribution is -2.49. The Morgan fingerprint density at radius 3 is 2.47 bits per heavy atom. The van der Waals surface area contributed by atoms with E-state index in [-0.39, 0.29) is 11.1 Å². The third-order valence-corrected chi connectivity index (χ3v) is 2.33. The zero-order valence-electron chi connectivity index (χ0n) is 9.85. The topological polar surface area (TPSA) is 88.4 Å². The van der Waals surface area contributed by atoms with Gasteiger partial charge in [0.25, 0.3) is 11.5 Å². The second-order valence-electron chi connectivity index (χ2n) is 4.25. The van der Waals surface area contributed by atoms with Crippen molar-refractivity contribution in [3.05, 3.63) is 34.2 Å². The van der Waals surface area contributed by atoms with E-state index in [0.717, 1.165) is 6.07 Å². The molecule has 92 valence electrons. The van der Waals surface area contributed by atoms with E-state index in [2.05, 4.69) is 5.32 Å². The lowest BCUT2D eigenvalue weighted by molar-refractivity contribution is -0.143. The number of nitrogens with one attached hydrogen (secondary N) is 1. The molecule has 0 saturated carbocycles. The zero-order chi connectivity index (χ0) is 13.2. The van der Waals surface area contributed by atoms with Crippen LogP contribution in [0.2, 0.25) is 0 Å². The number of pyridine rings is 1. The largest absolute Gasteiger partial charge is 0.480 e. The first-order chi connectivity index (χ1) is 7.74. The smallest absolute Gasteiger partial charge is 0.328 e. The minimum atomic E-state index is -1.38. The summed E-state index contributed by atoms with van der Waals surface area (Å²) >= 11 is 0. The molecule has 0 aliphatic carbocycles. The fourth-order valence-corrected chi connectivity index (χ4v) is 1.10. The molecule has 2 N–H and O–H groups in total. The molecule has 0 saturated heterocycles. The molecule has 0 atom stereocenters. The van der Waals surface area contributed by atoms with Gasteiger partial charge in [0, 0.05) is 24.9 Å². The number of rotatable bonds is 3. The highest BCUT2D eigenvalue weighted by molar-refractivity contribution is 5.97. The summed E-state index contributed by atoms with van der Waals surface area (Å²) in [5.41, 5.74) is -1.56. The predicted octanol–water partition coefficient (Wildman–Crippen LogP) is -0.0217. The maximum absolute atomic E-state index is 11.7. The SMILES string of the molecule is Cn1ccc(C(=O)NC(C)(C)C(=O)O)cc1=O. The zero-order valence-corrected chi connectivity index (χ0v) is 9.85. The monoisotopic (exact) mass is 238 g/mol. The Kier molecular flexibility index (Phi) is 3.36. The van der Waals surface area contributed by atoms with Crippen molar-refractivity contribution in [1.82, 2.24) is 9.88 Å². The molecule has 0 radical (unpaired) electrons. The highest BCUT2D eigenvalue weighted by Crippen LogP contribution is 2.04. The van der Waals surface area contributed by atoms with Crippen LogP contribution < -0.4 is 10.9 Å². The van der Waals surface area contributed by atoms with Crippen LogP contribution in [-0.2, 0) is 11.8 Å². The van der Waals surface area contributed by atoms with Gasteiger partial charge in [-0.15, -0.1) is 0 Å². The van der Waals surface area contributed by atoms with Crippen molar-refractivity contribution < 1.29 is 14.7 Å². The van der Waals surface area contributed by atoms with Crippen molar-refractivity contribution >= 4 is 11.9 Å². The first-order valence-corrected chi connectivity index (χ1v) is 4.96. The average molecular weight is 238 g/mol. The highest BCUT2D eigenvalue weighted by Gasteiger charge is 2.29. The molecule has 1 amide bonds. The molecule has 1 rings (SSSR count). The van der Waals surface area contributed by atoms with E-state index < -0.39 is 17.4 Å². The van der Waals surface area contributed by atoms with Crippen LogP contribution in [0.5, 0.6) is 0 Å². The Bertz CT molecular complexity index is 516.